The Bertz CT molecular complexity index is 1360. The number of phenols is 1. The topological polar surface area (TPSA) is 209 Å². The summed E-state index contributed by atoms with van der Waals surface area (Å²) in [5.41, 5.74) is -0.159. The molecule has 10 atom stereocenters. The molecule has 0 amide bonds. The lowest BCUT2D eigenvalue weighted by Gasteiger charge is -2.42. The fourth-order valence-electron chi connectivity index (χ4n) is 4.58. The fraction of sp³-hybridized carbons (Fsp3) is 0.480. The van der Waals surface area contributed by atoms with Crippen molar-refractivity contribution in [3.05, 3.63) is 46.6 Å². The summed E-state index contributed by atoms with van der Waals surface area (Å²) in [6.45, 7) is 1.00. The van der Waals surface area contributed by atoms with Crippen LogP contribution in [-0.2, 0) is 14.2 Å². The zero-order valence-corrected chi connectivity index (χ0v) is 20.0. The van der Waals surface area contributed by atoms with Crippen LogP contribution in [0.4, 0.5) is 0 Å². The van der Waals surface area contributed by atoms with Crippen LogP contribution in [0.15, 0.2) is 45.6 Å². The van der Waals surface area contributed by atoms with Gasteiger partial charge in [0.1, 0.15) is 70.8 Å². The summed E-state index contributed by atoms with van der Waals surface area (Å²) < 4.78 is 27.8. The largest absolute Gasteiger partial charge is 0.507 e. The van der Waals surface area contributed by atoms with Gasteiger partial charge in [-0.2, -0.15) is 0 Å². The van der Waals surface area contributed by atoms with Crippen LogP contribution in [-0.4, -0.2) is 104 Å². The number of phenolic OH excluding ortho intramolecular Hbond substituents is 1. The Morgan fingerprint density at radius 1 is 0.816 bits per heavy atom. The number of aliphatic hydroxyl groups excluding tert-OH is 6. The van der Waals surface area contributed by atoms with Crippen molar-refractivity contribution < 1.29 is 59.1 Å². The second-order valence-corrected chi connectivity index (χ2v) is 9.39. The van der Waals surface area contributed by atoms with Gasteiger partial charge in [-0.1, -0.05) is 12.1 Å². The van der Waals surface area contributed by atoms with Gasteiger partial charge >= 0.3 is 0 Å². The van der Waals surface area contributed by atoms with Crippen LogP contribution in [0, 0.1) is 0 Å². The number of hydrogen-bond donors (Lipinski definition) is 7. The van der Waals surface area contributed by atoms with E-state index in [4.69, 9.17) is 23.4 Å². The van der Waals surface area contributed by atoms with Crippen molar-refractivity contribution in [1.29, 1.82) is 0 Å². The van der Waals surface area contributed by atoms with E-state index in [0.717, 1.165) is 6.07 Å². The maximum atomic E-state index is 12.8. The highest BCUT2D eigenvalue weighted by Crippen LogP contribution is 2.33. The van der Waals surface area contributed by atoms with Crippen molar-refractivity contribution in [2.24, 2.45) is 0 Å². The van der Waals surface area contributed by atoms with Gasteiger partial charge in [0.05, 0.1) is 18.1 Å². The summed E-state index contributed by atoms with van der Waals surface area (Å²) >= 11 is 0. The van der Waals surface area contributed by atoms with Crippen LogP contribution in [0.25, 0.3) is 21.9 Å². The molecule has 38 heavy (non-hydrogen) atoms. The van der Waals surface area contributed by atoms with Crippen molar-refractivity contribution in [1.82, 2.24) is 0 Å². The van der Waals surface area contributed by atoms with Gasteiger partial charge in [0, 0.05) is 12.1 Å². The summed E-state index contributed by atoms with van der Waals surface area (Å²) in [4.78, 5) is 12.8. The molecule has 13 heteroatoms. The number of benzene rings is 2. The molecule has 0 bridgehead atoms. The molecule has 2 fully saturated rings. The van der Waals surface area contributed by atoms with Gasteiger partial charge in [-0.05, 0) is 19.1 Å². The average molecular weight is 536 g/mol. The van der Waals surface area contributed by atoms with Crippen LogP contribution < -0.4 is 10.2 Å². The first-order valence-electron chi connectivity index (χ1n) is 11.9. The highest BCUT2D eigenvalue weighted by molar-refractivity contribution is 5.93. The van der Waals surface area contributed by atoms with E-state index in [-0.39, 0.29) is 27.7 Å². The standard InChI is InChI=1S/C25H28O13/c1-9-17(27)20(30)22(32)24(35-9)34-8-15-19(29)21(31)23(33)25(38-15)36-10-6-12(26)16-14(7-10)37-13-5-3-2-4-11(13)18(16)28/h2-7,9,15,17,19-27,29-33H,8H2,1H3/t9-,15+,17-,19+,20+,21-,22+,23+,24+,25+/m0/s1. The van der Waals surface area contributed by atoms with Gasteiger partial charge in [0.2, 0.25) is 11.7 Å². The van der Waals surface area contributed by atoms with Gasteiger partial charge in [-0.25, -0.2) is 0 Å². The molecule has 2 aromatic carbocycles. The number of aromatic hydroxyl groups is 1. The van der Waals surface area contributed by atoms with Gasteiger partial charge < -0.3 is 59.1 Å². The fourth-order valence-corrected chi connectivity index (χ4v) is 4.58. The molecule has 2 aliphatic heterocycles. The second kappa shape index (κ2) is 10.4. The predicted molar refractivity (Wildman–Crippen MR) is 127 cm³/mol. The van der Waals surface area contributed by atoms with Crippen LogP contribution in [0.1, 0.15) is 6.92 Å². The smallest absolute Gasteiger partial charge is 0.229 e. The molecule has 2 saturated heterocycles. The first-order valence-corrected chi connectivity index (χ1v) is 11.9. The maximum absolute atomic E-state index is 12.8. The van der Waals surface area contributed by atoms with E-state index in [0.29, 0.717) is 0 Å². The Balaban J connectivity index is 1.35. The van der Waals surface area contributed by atoms with E-state index < -0.39 is 79.2 Å². The minimum atomic E-state index is -1.73. The van der Waals surface area contributed by atoms with E-state index in [1.54, 1.807) is 24.3 Å². The van der Waals surface area contributed by atoms with E-state index in [9.17, 15) is 40.5 Å². The predicted octanol–water partition coefficient (Wildman–Crippen LogP) is -1.32. The van der Waals surface area contributed by atoms with Gasteiger partial charge in [-0.15, -0.1) is 0 Å². The highest BCUT2D eigenvalue weighted by Gasteiger charge is 2.47. The Labute approximate surface area is 214 Å². The Kier molecular flexibility index (Phi) is 7.30. The monoisotopic (exact) mass is 536 g/mol. The van der Waals surface area contributed by atoms with Crippen LogP contribution in [0.3, 0.4) is 0 Å². The third-order valence-electron chi connectivity index (χ3n) is 6.79. The molecular weight excluding hydrogens is 508 g/mol. The molecule has 2 aliphatic rings. The molecule has 7 N–H and O–H groups in total. The van der Waals surface area contributed by atoms with E-state index in [1.807, 2.05) is 0 Å². The van der Waals surface area contributed by atoms with Crippen LogP contribution >= 0.6 is 0 Å². The Morgan fingerprint density at radius 3 is 2.26 bits per heavy atom. The summed E-state index contributed by atoms with van der Waals surface area (Å²) in [5.74, 6) is -0.515. The third kappa shape index (κ3) is 4.73. The molecule has 3 aromatic rings. The normalized spacial score (nSPS) is 36.0. The number of rotatable bonds is 5. The Hall–Kier alpha value is -2.85. The highest BCUT2D eigenvalue weighted by atomic mass is 16.7. The molecule has 206 valence electrons. The van der Waals surface area contributed by atoms with Crippen LogP contribution in [0.5, 0.6) is 11.5 Å². The van der Waals surface area contributed by atoms with E-state index in [2.05, 4.69) is 0 Å². The number of ether oxygens (including phenoxy) is 4. The molecule has 13 nitrogen and oxygen atoms in total. The lowest BCUT2D eigenvalue weighted by Crippen LogP contribution is -2.61. The van der Waals surface area contributed by atoms with Gasteiger partial charge in [-0.3, -0.25) is 4.79 Å². The summed E-state index contributed by atoms with van der Waals surface area (Å²) in [6, 6.07) is 8.92. The lowest BCUT2D eigenvalue weighted by atomic mass is 9.98. The molecule has 0 aliphatic carbocycles. The lowest BCUT2D eigenvalue weighted by molar-refractivity contribution is -0.318. The van der Waals surface area contributed by atoms with Crippen molar-refractivity contribution >= 4 is 21.9 Å². The van der Waals surface area contributed by atoms with Crippen molar-refractivity contribution in [3.63, 3.8) is 0 Å². The molecule has 0 unspecified atom stereocenters. The zero-order chi connectivity index (χ0) is 27.3. The SMILES string of the molecule is C[C@@H]1O[C@@H](OC[C@H]2O[C@@H](Oc3cc(O)c4c(=O)c5ccccc5oc4c3)[C@H](O)[C@@H](O)[C@@H]2O)[C@H](O)[C@H](O)[C@H]1O. The van der Waals surface area contributed by atoms with Crippen molar-refractivity contribution in [3.8, 4) is 11.5 Å². The molecule has 1 aromatic heterocycles. The first-order chi connectivity index (χ1) is 18.1. The minimum Gasteiger partial charge on any atom is -0.507 e. The van der Waals surface area contributed by atoms with Gasteiger partial charge in [0.15, 0.2) is 6.29 Å². The molecule has 0 spiro atoms. The van der Waals surface area contributed by atoms with Gasteiger partial charge in [0.25, 0.3) is 0 Å². The molecule has 0 saturated carbocycles. The summed E-state index contributed by atoms with van der Waals surface area (Å²) in [5, 5.41) is 71.8. The number of aliphatic hydroxyl groups is 6. The summed E-state index contributed by atoms with van der Waals surface area (Å²) in [6.07, 6.45) is -14.7. The zero-order valence-electron chi connectivity index (χ0n) is 20.0. The van der Waals surface area contributed by atoms with Crippen molar-refractivity contribution in [2.45, 2.75) is 68.3 Å². The number of fused-ring (bicyclic) bond motifs is 2. The first kappa shape index (κ1) is 26.7. The number of para-hydroxylation sites is 1. The van der Waals surface area contributed by atoms with Crippen molar-refractivity contribution in [2.75, 3.05) is 6.61 Å². The Morgan fingerprint density at radius 2 is 1.50 bits per heavy atom. The molecule has 3 heterocycles. The van der Waals surface area contributed by atoms with Crippen LogP contribution in [0.2, 0.25) is 0 Å². The quantitative estimate of drug-likeness (QED) is 0.189. The number of hydrogen-bond acceptors (Lipinski definition) is 13. The van der Waals surface area contributed by atoms with E-state index in [1.165, 1.54) is 13.0 Å². The molecule has 0 radical (unpaired) electrons. The average Bonchev–Trinajstić information content (AvgIpc) is 2.89. The minimum absolute atomic E-state index is 0.00719. The molecule has 5 rings (SSSR count). The third-order valence-corrected chi connectivity index (χ3v) is 6.79. The second-order valence-electron chi connectivity index (χ2n) is 9.39. The molecular formula is C25H28O13. The van der Waals surface area contributed by atoms with E-state index >= 15 is 0 Å². The summed E-state index contributed by atoms with van der Waals surface area (Å²) in [7, 11) is 0. The maximum Gasteiger partial charge on any atom is 0.229 e.